The van der Waals surface area contributed by atoms with Crippen LogP contribution in [0.4, 0.5) is 0 Å². The predicted molar refractivity (Wildman–Crippen MR) is 121 cm³/mol. The number of rotatable bonds is 9. The fourth-order valence-electron chi connectivity index (χ4n) is 4.09. The summed E-state index contributed by atoms with van der Waals surface area (Å²) in [6.07, 6.45) is 3.58. The molecule has 0 bridgehead atoms. The number of amides is 2. The standard InChI is InChI=1S/C24H30N2O4S/c1-3-23(27)25(14-17-7-8-17)15-24(28)26-11-9-22-20(10-12-31-22)21(26)16-30-19-6-4-5-18(13-19)29-2/h4-6,10,12-13,17,21H,3,7-9,11,14-16H2,1-2H3/t21-/m0/s1. The van der Waals surface area contributed by atoms with Gasteiger partial charge in [-0.2, -0.15) is 0 Å². The Morgan fingerprint density at radius 3 is 2.77 bits per heavy atom. The molecular formula is C24H30N2O4S. The number of benzene rings is 1. The Labute approximate surface area is 187 Å². The van der Waals surface area contributed by atoms with E-state index in [9.17, 15) is 9.59 Å². The summed E-state index contributed by atoms with van der Waals surface area (Å²) < 4.78 is 11.4. The molecule has 1 aromatic carbocycles. The Hall–Kier alpha value is -2.54. The van der Waals surface area contributed by atoms with Crippen LogP contribution in [0.25, 0.3) is 0 Å². The number of carbonyl (C=O) groups is 2. The maximum absolute atomic E-state index is 13.3. The number of ether oxygens (including phenoxy) is 2. The number of fused-ring (bicyclic) bond motifs is 1. The van der Waals surface area contributed by atoms with Crippen molar-refractivity contribution in [2.75, 3.05) is 33.4 Å². The van der Waals surface area contributed by atoms with Crippen molar-refractivity contribution in [1.29, 1.82) is 0 Å². The molecule has 0 N–H and O–H groups in total. The Bertz CT molecular complexity index is 924. The number of hydrogen-bond acceptors (Lipinski definition) is 5. The molecule has 1 saturated carbocycles. The molecule has 0 spiro atoms. The first-order chi connectivity index (χ1) is 15.1. The van der Waals surface area contributed by atoms with Crippen molar-refractivity contribution in [1.82, 2.24) is 9.80 Å². The molecule has 4 rings (SSSR count). The van der Waals surface area contributed by atoms with Gasteiger partial charge in [0.15, 0.2) is 0 Å². The van der Waals surface area contributed by atoms with Gasteiger partial charge in [-0.25, -0.2) is 0 Å². The van der Waals surface area contributed by atoms with Crippen LogP contribution < -0.4 is 9.47 Å². The van der Waals surface area contributed by atoms with E-state index in [1.807, 2.05) is 36.1 Å². The number of hydrogen-bond donors (Lipinski definition) is 0. The second-order valence-electron chi connectivity index (χ2n) is 8.21. The fraction of sp³-hybridized carbons (Fsp3) is 0.500. The highest BCUT2D eigenvalue weighted by Gasteiger charge is 2.34. The average molecular weight is 443 g/mol. The number of thiophene rings is 1. The molecule has 0 radical (unpaired) electrons. The molecule has 0 saturated heterocycles. The van der Waals surface area contributed by atoms with E-state index in [-0.39, 0.29) is 24.4 Å². The highest BCUT2D eigenvalue weighted by atomic mass is 32.1. The van der Waals surface area contributed by atoms with Crippen molar-refractivity contribution in [3.63, 3.8) is 0 Å². The van der Waals surface area contributed by atoms with Crippen LogP contribution in [0, 0.1) is 5.92 Å². The lowest BCUT2D eigenvalue weighted by Crippen LogP contribution is -2.48. The zero-order valence-corrected chi connectivity index (χ0v) is 19.0. The molecule has 1 atom stereocenters. The van der Waals surface area contributed by atoms with Crippen molar-refractivity contribution >= 4 is 23.2 Å². The van der Waals surface area contributed by atoms with Crippen LogP contribution in [0.15, 0.2) is 35.7 Å². The van der Waals surface area contributed by atoms with E-state index in [4.69, 9.17) is 9.47 Å². The van der Waals surface area contributed by atoms with Crippen molar-refractivity contribution in [2.45, 2.75) is 38.6 Å². The van der Waals surface area contributed by atoms with Crippen LogP contribution in [0.1, 0.15) is 42.7 Å². The fourth-order valence-corrected chi connectivity index (χ4v) is 5.01. The van der Waals surface area contributed by atoms with Crippen LogP contribution in [0.5, 0.6) is 11.5 Å². The Morgan fingerprint density at radius 2 is 2.03 bits per heavy atom. The summed E-state index contributed by atoms with van der Waals surface area (Å²) in [4.78, 5) is 30.7. The average Bonchev–Trinajstić information content (AvgIpc) is 3.48. The summed E-state index contributed by atoms with van der Waals surface area (Å²) in [5, 5.41) is 2.08. The highest BCUT2D eigenvalue weighted by Crippen LogP contribution is 2.35. The van der Waals surface area contributed by atoms with Gasteiger partial charge >= 0.3 is 0 Å². The molecule has 7 heteroatoms. The van der Waals surface area contributed by atoms with Crippen LogP contribution in [0.3, 0.4) is 0 Å². The van der Waals surface area contributed by atoms with E-state index in [2.05, 4.69) is 11.4 Å². The smallest absolute Gasteiger partial charge is 0.242 e. The maximum Gasteiger partial charge on any atom is 0.242 e. The molecule has 2 heterocycles. The second kappa shape index (κ2) is 9.73. The highest BCUT2D eigenvalue weighted by molar-refractivity contribution is 7.10. The molecule has 166 valence electrons. The SMILES string of the molecule is CCC(=O)N(CC(=O)N1CCc2sccc2[C@@H]1COc1cccc(OC)c1)CC1CC1. The van der Waals surface area contributed by atoms with E-state index < -0.39 is 0 Å². The van der Waals surface area contributed by atoms with Gasteiger partial charge in [0.05, 0.1) is 19.7 Å². The molecule has 1 fully saturated rings. The summed E-state index contributed by atoms with van der Waals surface area (Å²) in [5.74, 6) is 2.06. The molecular weight excluding hydrogens is 412 g/mol. The Kier molecular flexibility index (Phi) is 6.80. The molecule has 6 nitrogen and oxygen atoms in total. The first kappa shape index (κ1) is 21.7. The van der Waals surface area contributed by atoms with Crippen molar-refractivity contribution in [3.8, 4) is 11.5 Å². The van der Waals surface area contributed by atoms with Gasteiger partial charge in [-0.3, -0.25) is 9.59 Å². The molecule has 0 unspecified atom stereocenters. The molecule has 1 aliphatic heterocycles. The third kappa shape index (κ3) is 5.21. The first-order valence-corrected chi connectivity index (χ1v) is 11.9. The van der Waals surface area contributed by atoms with Crippen LogP contribution in [0.2, 0.25) is 0 Å². The maximum atomic E-state index is 13.3. The van der Waals surface area contributed by atoms with Gasteiger partial charge in [0.1, 0.15) is 18.1 Å². The van der Waals surface area contributed by atoms with Gasteiger partial charge in [-0.05, 0) is 54.3 Å². The van der Waals surface area contributed by atoms with Crippen molar-refractivity contribution in [3.05, 3.63) is 46.2 Å². The molecule has 2 amide bonds. The van der Waals surface area contributed by atoms with E-state index in [0.29, 0.717) is 37.8 Å². The van der Waals surface area contributed by atoms with Gasteiger partial charge < -0.3 is 19.3 Å². The van der Waals surface area contributed by atoms with E-state index in [1.54, 1.807) is 23.3 Å². The minimum atomic E-state index is -0.159. The minimum Gasteiger partial charge on any atom is -0.497 e. The lowest BCUT2D eigenvalue weighted by atomic mass is 10.0. The number of nitrogens with zero attached hydrogens (tertiary/aromatic N) is 2. The predicted octanol–water partition coefficient (Wildman–Crippen LogP) is 3.91. The quantitative estimate of drug-likeness (QED) is 0.591. The topological polar surface area (TPSA) is 59.1 Å². The largest absolute Gasteiger partial charge is 0.497 e. The summed E-state index contributed by atoms with van der Waals surface area (Å²) in [6, 6.07) is 9.44. The molecule has 1 aliphatic carbocycles. The molecule has 31 heavy (non-hydrogen) atoms. The van der Waals surface area contributed by atoms with Crippen LogP contribution in [-0.4, -0.2) is 55.0 Å². The monoisotopic (exact) mass is 442 g/mol. The van der Waals surface area contributed by atoms with Gasteiger partial charge in [0.25, 0.3) is 0 Å². The zero-order valence-electron chi connectivity index (χ0n) is 18.2. The first-order valence-electron chi connectivity index (χ1n) is 11.0. The zero-order chi connectivity index (χ0) is 21.8. The molecule has 1 aromatic heterocycles. The van der Waals surface area contributed by atoms with Crippen LogP contribution >= 0.6 is 11.3 Å². The lowest BCUT2D eigenvalue weighted by molar-refractivity contribution is -0.142. The number of carbonyl (C=O) groups excluding carboxylic acids is 2. The minimum absolute atomic E-state index is 0.00135. The van der Waals surface area contributed by atoms with Crippen molar-refractivity contribution in [2.24, 2.45) is 5.92 Å². The normalized spacial score (nSPS) is 17.7. The van der Waals surface area contributed by atoms with E-state index in [0.717, 1.165) is 30.6 Å². The second-order valence-corrected chi connectivity index (χ2v) is 9.21. The summed E-state index contributed by atoms with van der Waals surface area (Å²) in [5.41, 5.74) is 1.16. The third-order valence-corrected chi connectivity index (χ3v) is 7.02. The van der Waals surface area contributed by atoms with Gasteiger partial charge in [-0.1, -0.05) is 13.0 Å². The summed E-state index contributed by atoms with van der Waals surface area (Å²) in [6.45, 7) is 3.72. The Balaban J connectivity index is 1.49. The van der Waals surface area contributed by atoms with Gasteiger partial charge in [-0.15, -0.1) is 11.3 Å². The van der Waals surface area contributed by atoms with Crippen molar-refractivity contribution < 1.29 is 19.1 Å². The lowest BCUT2D eigenvalue weighted by Gasteiger charge is -2.37. The summed E-state index contributed by atoms with van der Waals surface area (Å²) in [7, 11) is 1.63. The van der Waals surface area contributed by atoms with Gasteiger partial charge in [0.2, 0.25) is 11.8 Å². The van der Waals surface area contributed by atoms with Crippen LogP contribution in [-0.2, 0) is 16.0 Å². The Morgan fingerprint density at radius 1 is 1.23 bits per heavy atom. The van der Waals surface area contributed by atoms with Gasteiger partial charge in [0, 0.05) is 30.5 Å². The van der Waals surface area contributed by atoms with E-state index >= 15 is 0 Å². The molecule has 2 aliphatic rings. The van der Waals surface area contributed by atoms with E-state index in [1.165, 1.54) is 4.88 Å². The number of methoxy groups -OCH3 is 1. The molecule has 2 aromatic rings. The third-order valence-electron chi connectivity index (χ3n) is 6.02. The summed E-state index contributed by atoms with van der Waals surface area (Å²) >= 11 is 1.73.